The van der Waals surface area contributed by atoms with Crippen molar-refractivity contribution in [2.24, 2.45) is 0 Å². The van der Waals surface area contributed by atoms with Gasteiger partial charge in [-0.3, -0.25) is 0 Å². The van der Waals surface area contributed by atoms with Crippen molar-refractivity contribution in [1.82, 2.24) is 0 Å². The van der Waals surface area contributed by atoms with E-state index in [1.54, 1.807) is 10.4 Å². The Labute approximate surface area is 488 Å². The average Bonchev–Trinajstić information content (AvgIpc) is 4.13. The van der Waals surface area contributed by atoms with Gasteiger partial charge in [0.05, 0.1) is 16.1 Å². The van der Waals surface area contributed by atoms with Crippen LogP contribution in [0.2, 0.25) is 36.3 Å². The van der Waals surface area contributed by atoms with Crippen molar-refractivity contribution in [1.29, 1.82) is 0 Å². The molecule has 0 amide bonds. The maximum Gasteiger partial charge on any atom is 0.537 e. The fourth-order valence-electron chi connectivity index (χ4n) is 10.9. The third-order valence-electron chi connectivity index (χ3n) is 15.9. The average molecular weight is 1140 g/mol. The molecule has 426 valence electrons. The largest absolute Gasteiger partial charge is 0.537 e. The normalized spacial score (nSPS) is 12.7. The number of rotatable bonds is 41. The van der Waals surface area contributed by atoms with Gasteiger partial charge in [0, 0.05) is 44.5 Å². The first kappa shape index (κ1) is 65.4. The summed E-state index contributed by atoms with van der Waals surface area (Å²) in [5.74, 6) is 0. The highest BCUT2D eigenvalue weighted by atomic mass is 32.1. The number of hydrogen-bond donors (Lipinski definition) is 0. The van der Waals surface area contributed by atoms with Crippen LogP contribution < -0.4 is 15.6 Å². The van der Waals surface area contributed by atoms with Crippen LogP contribution in [-0.2, 0) is 13.3 Å². The standard InChI is InChI=1S/C70H104O3S2Si3/c1-10-19-49-71-78(72-50-20-11-2,73-51-21-12-3)66-45-39-63(40-46-66)38-44-65-59-70(77(55-25-16-7,56-26-17-8)57-27-18-9)68(75-65)48-42-62-35-33-61(34-36-62)41-47-67-69(58-64(74-67)43-37-60-31-29-28-30-32-60)76(52-22-13-4,53-23-14-5)54-24-15-6/h28-48,58-59H,10-27,49-57H2,1-9H3/b43-37+,44-38+,47-41+,48-42+. The molecular formula is C70H104O3S2Si3. The van der Waals surface area contributed by atoms with Gasteiger partial charge in [-0.05, 0) is 88.3 Å². The van der Waals surface area contributed by atoms with Crippen molar-refractivity contribution in [2.75, 3.05) is 19.8 Å². The van der Waals surface area contributed by atoms with E-state index in [-0.39, 0.29) is 0 Å². The Balaban J connectivity index is 1.50. The molecule has 2 aromatic heterocycles. The second-order valence-electron chi connectivity index (χ2n) is 22.2. The van der Waals surface area contributed by atoms with E-state index in [0.717, 1.165) is 43.7 Å². The summed E-state index contributed by atoms with van der Waals surface area (Å²) in [6.07, 6.45) is 40.9. The molecule has 0 aliphatic carbocycles. The Morgan fingerprint density at radius 1 is 0.333 bits per heavy atom. The first-order chi connectivity index (χ1) is 38.2. The van der Waals surface area contributed by atoms with Crippen LogP contribution in [0.1, 0.15) is 220 Å². The van der Waals surface area contributed by atoms with Crippen molar-refractivity contribution < 1.29 is 13.3 Å². The summed E-state index contributed by atoms with van der Waals surface area (Å²) in [7, 11) is -6.62. The molecule has 5 aromatic rings. The molecule has 2 heterocycles. The molecule has 5 rings (SSSR count). The molecule has 0 fully saturated rings. The molecule has 0 bridgehead atoms. The van der Waals surface area contributed by atoms with Crippen molar-refractivity contribution in [2.45, 2.75) is 214 Å². The Morgan fingerprint density at radius 2 is 0.628 bits per heavy atom. The minimum absolute atomic E-state index is 0.661. The molecule has 0 aliphatic rings. The first-order valence-corrected chi connectivity index (χ1v) is 40.0. The Morgan fingerprint density at radius 3 is 0.949 bits per heavy atom. The predicted octanol–water partition coefficient (Wildman–Crippen LogP) is 21.2. The summed E-state index contributed by atoms with van der Waals surface area (Å²) >= 11 is 4.00. The molecule has 0 saturated heterocycles. The van der Waals surface area contributed by atoms with E-state index < -0.39 is 25.0 Å². The summed E-state index contributed by atoms with van der Waals surface area (Å²) in [4.78, 5) is 5.70. The highest BCUT2D eigenvalue weighted by Crippen LogP contribution is 2.36. The molecule has 0 atom stereocenters. The van der Waals surface area contributed by atoms with E-state index in [1.807, 2.05) is 22.7 Å². The van der Waals surface area contributed by atoms with E-state index in [2.05, 4.69) is 202 Å². The molecule has 0 saturated carbocycles. The third-order valence-corrected chi connectivity index (χ3v) is 32.1. The zero-order chi connectivity index (χ0) is 55.7. The second-order valence-corrected chi connectivity index (χ2v) is 36.2. The molecule has 0 radical (unpaired) electrons. The third kappa shape index (κ3) is 20.5. The quantitative estimate of drug-likeness (QED) is 0.0288. The minimum atomic E-state index is -3.07. The van der Waals surface area contributed by atoms with Crippen LogP contribution >= 0.6 is 22.7 Å². The summed E-state index contributed by atoms with van der Waals surface area (Å²) in [6.45, 7) is 22.9. The van der Waals surface area contributed by atoms with Gasteiger partial charge in [-0.1, -0.05) is 298 Å². The molecule has 0 aliphatic heterocycles. The lowest BCUT2D eigenvalue weighted by Gasteiger charge is -2.33. The van der Waals surface area contributed by atoms with Crippen molar-refractivity contribution in [3.05, 3.63) is 133 Å². The molecule has 0 unspecified atom stereocenters. The monoisotopic (exact) mass is 1140 g/mol. The number of benzene rings is 3. The fraction of sp³-hybridized carbons (Fsp3) is 0.514. The lowest BCUT2D eigenvalue weighted by atomic mass is 10.1. The van der Waals surface area contributed by atoms with Gasteiger partial charge in [0.1, 0.15) is 0 Å². The van der Waals surface area contributed by atoms with E-state index in [9.17, 15) is 0 Å². The summed E-state index contributed by atoms with van der Waals surface area (Å²) < 4.78 is 20.0. The molecular weight excluding hydrogens is 1040 g/mol. The summed E-state index contributed by atoms with van der Waals surface area (Å²) in [5.41, 5.74) is 4.97. The molecule has 0 spiro atoms. The van der Waals surface area contributed by atoms with Gasteiger partial charge in [-0.15, -0.1) is 22.7 Å². The summed E-state index contributed by atoms with van der Waals surface area (Å²) in [5, 5.41) is 4.48. The van der Waals surface area contributed by atoms with Crippen molar-refractivity contribution in [3.8, 4) is 0 Å². The smallest absolute Gasteiger partial charge is 0.370 e. The number of unbranched alkanes of at least 4 members (excludes halogenated alkanes) is 9. The van der Waals surface area contributed by atoms with Gasteiger partial charge in [-0.2, -0.15) is 0 Å². The van der Waals surface area contributed by atoms with Gasteiger partial charge in [0.25, 0.3) is 0 Å². The molecule has 0 N–H and O–H groups in total. The topological polar surface area (TPSA) is 27.7 Å². The van der Waals surface area contributed by atoms with Gasteiger partial charge >= 0.3 is 8.80 Å². The maximum atomic E-state index is 6.67. The highest BCUT2D eigenvalue weighted by Gasteiger charge is 2.44. The van der Waals surface area contributed by atoms with E-state index in [4.69, 9.17) is 13.3 Å². The SMILES string of the molecule is CCCCO[Si](OCCCC)(OCCCC)c1ccc(/C=C/c2cc([Si](CCCC)(CCCC)CCCC)c(/C=C/c3ccc(/C=C/c4sc(/C=C/c5ccccc5)cc4[Si](CCCC)(CCCC)CCCC)cc3)s2)cc1. The van der Waals surface area contributed by atoms with Gasteiger partial charge in [0.15, 0.2) is 0 Å². The summed E-state index contributed by atoms with van der Waals surface area (Å²) in [6, 6.07) is 42.7. The van der Waals surface area contributed by atoms with Crippen LogP contribution in [-0.4, -0.2) is 44.8 Å². The Kier molecular flexibility index (Phi) is 30.8. The van der Waals surface area contributed by atoms with Crippen LogP contribution in [0.5, 0.6) is 0 Å². The van der Waals surface area contributed by atoms with Crippen LogP contribution in [0.3, 0.4) is 0 Å². The molecule has 78 heavy (non-hydrogen) atoms. The number of thiophene rings is 2. The van der Waals surface area contributed by atoms with E-state index in [0.29, 0.717) is 19.8 Å². The van der Waals surface area contributed by atoms with Crippen LogP contribution in [0.15, 0.2) is 91.0 Å². The van der Waals surface area contributed by atoms with Gasteiger partial charge in [-0.25, -0.2) is 0 Å². The first-order valence-electron chi connectivity index (χ1n) is 31.4. The van der Waals surface area contributed by atoms with Crippen molar-refractivity contribution in [3.63, 3.8) is 0 Å². The Bertz CT molecular complexity index is 2430. The molecule has 8 heteroatoms. The van der Waals surface area contributed by atoms with Crippen molar-refractivity contribution >= 4 is 112 Å². The fourth-order valence-corrected chi connectivity index (χ4v) is 28.5. The molecule has 3 nitrogen and oxygen atoms in total. The Hall–Kier alpha value is -3.45. The van der Waals surface area contributed by atoms with E-state index in [1.165, 1.54) is 155 Å². The zero-order valence-electron chi connectivity index (χ0n) is 50.4. The van der Waals surface area contributed by atoms with Crippen LogP contribution in [0.25, 0.3) is 48.6 Å². The van der Waals surface area contributed by atoms with Crippen LogP contribution in [0.4, 0.5) is 0 Å². The second kappa shape index (κ2) is 36.8. The predicted molar refractivity (Wildman–Crippen MR) is 361 cm³/mol. The highest BCUT2D eigenvalue weighted by molar-refractivity contribution is 7.17. The maximum absolute atomic E-state index is 6.67. The zero-order valence-corrected chi connectivity index (χ0v) is 55.0. The number of hydrogen-bond acceptors (Lipinski definition) is 5. The lowest BCUT2D eigenvalue weighted by molar-refractivity contribution is 0.0700. The van der Waals surface area contributed by atoms with E-state index >= 15 is 0 Å². The lowest BCUT2D eigenvalue weighted by Crippen LogP contribution is -2.57. The van der Waals surface area contributed by atoms with Gasteiger partial charge < -0.3 is 13.3 Å². The van der Waals surface area contributed by atoms with Crippen LogP contribution in [0, 0.1) is 0 Å². The molecule has 3 aromatic carbocycles. The minimum Gasteiger partial charge on any atom is -0.370 e. The van der Waals surface area contributed by atoms with Gasteiger partial charge in [0.2, 0.25) is 0 Å².